The van der Waals surface area contributed by atoms with Crippen molar-refractivity contribution in [3.63, 3.8) is 0 Å². The third-order valence-electron chi connectivity index (χ3n) is 3.35. The molecule has 1 aromatic heterocycles. The third kappa shape index (κ3) is 0.896. The van der Waals surface area contributed by atoms with Gasteiger partial charge in [-0.15, -0.1) is 11.3 Å². The van der Waals surface area contributed by atoms with E-state index in [1.54, 1.807) is 0 Å². The fraction of sp³-hybridized carbons (Fsp3) is 0.0667. The molecule has 0 fully saturated rings. The lowest BCUT2D eigenvalue weighted by Gasteiger charge is -2.02. The highest BCUT2D eigenvalue weighted by atomic mass is 32.1. The Bertz CT molecular complexity index is 808. The first-order chi connectivity index (χ1) is 7.84. The summed E-state index contributed by atoms with van der Waals surface area (Å²) in [7, 11) is 0. The monoisotopic (exact) mass is 222 g/mol. The second-order valence-electron chi connectivity index (χ2n) is 4.33. The molecule has 0 radical (unpaired) electrons. The van der Waals surface area contributed by atoms with Crippen molar-refractivity contribution in [2.45, 2.75) is 6.92 Å². The second kappa shape index (κ2) is 2.74. The van der Waals surface area contributed by atoms with Crippen molar-refractivity contribution in [1.82, 2.24) is 0 Å². The zero-order chi connectivity index (χ0) is 10.7. The van der Waals surface area contributed by atoms with Crippen molar-refractivity contribution in [3.8, 4) is 0 Å². The number of hydrogen-bond donors (Lipinski definition) is 0. The normalized spacial score (nSPS) is 12.1. The van der Waals surface area contributed by atoms with Crippen LogP contribution in [0.3, 0.4) is 0 Å². The summed E-state index contributed by atoms with van der Waals surface area (Å²) in [6, 6.07) is 15.5. The van der Waals surface area contributed by atoms with Gasteiger partial charge in [-0.3, -0.25) is 0 Å². The van der Waals surface area contributed by atoms with Gasteiger partial charge in [0.25, 0.3) is 0 Å². The van der Waals surface area contributed by atoms with Gasteiger partial charge in [0.1, 0.15) is 0 Å². The predicted octanol–water partition coefficient (Wildman–Crippen LogP) is 4.95. The average Bonchev–Trinajstić information content (AvgIpc) is 2.70. The fourth-order valence-corrected chi connectivity index (χ4v) is 3.80. The minimum Gasteiger partial charge on any atom is -0.135 e. The van der Waals surface area contributed by atoms with Crippen LogP contribution in [0.1, 0.15) is 5.56 Å². The number of hydrogen-bond acceptors (Lipinski definition) is 1. The zero-order valence-corrected chi connectivity index (χ0v) is 9.77. The molecule has 0 aliphatic heterocycles. The van der Waals surface area contributed by atoms with Crippen LogP contribution in [0.2, 0.25) is 0 Å². The van der Waals surface area contributed by atoms with Gasteiger partial charge >= 0.3 is 0 Å². The Hall–Kier alpha value is -1.60. The first-order valence-corrected chi connectivity index (χ1v) is 6.29. The molecule has 4 rings (SSSR count). The quantitative estimate of drug-likeness (QED) is 0.369. The van der Waals surface area contributed by atoms with Gasteiger partial charge in [0.2, 0.25) is 0 Å². The molecule has 0 saturated carbocycles. The van der Waals surface area contributed by atoms with Crippen molar-refractivity contribution in [2.75, 3.05) is 0 Å². The molecule has 76 valence electrons. The summed E-state index contributed by atoms with van der Waals surface area (Å²) in [6.07, 6.45) is 0. The van der Waals surface area contributed by atoms with Gasteiger partial charge in [-0.05, 0) is 29.3 Å². The smallest absolute Gasteiger partial charge is 0.0390 e. The van der Waals surface area contributed by atoms with Gasteiger partial charge < -0.3 is 0 Å². The summed E-state index contributed by atoms with van der Waals surface area (Å²) in [6.45, 7) is 2.20. The average molecular weight is 222 g/mol. The first kappa shape index (κ1) is 8.54. The summed E-state index contributed by atoms with van der Waals surface area (Å²) < 4.78 is 2.86. The molecule has 0 N–H and O–H groups in total. The molecule has 0 atom stereocenters. The first-order valence-electron chi connectivity index (χ1n) is 5.47. The largest absolute Gasteiger partial charge is 0.135 e. The standard InChI is InChI=1S/C15H10S/c1-9-5-6-11-8-7-10-3-2-4-12-13(10)14(11)15(9)16-12/h2-8H,1H3. The Labute approximate surface area is 97.5 Å². The maximum absolute atomic E-state index is 2.23. The van der Waals surface area contributed by atoms with Gasteiger partial charge in [0.15, 0.2) is 0 Å². The van der Waals surface area contributed by atoms with Crippen molar-refractivity contribution >= 4 is 42.3 Å². The molecule has 3 aromatic carbocycles. The van der Waals surface area contributed by atoms with E-state index in [9.17, 15) is 0 Å². The van der Waals surface area contributed by atoms with E-state index in [0.717, 1.165) is 0 Å². The highest BCUT2D eigenvalue weighted by Crippen LogP contribution is 2.41. The summed E-state index contributed by atoms with van der Waals surface area (Å²) >= 11 is 1.92. The SMILES string of the molecule is Cc1ccc2ccc3cccc4sc1c2c34. The molecule has 0 spiro atoms. The highest BCUT2D eigenvalue weighted by molar-refractivity contribution is 7.26. The second-order valence-corrected chi connectivity index (χ2v) is 5.38. The van der Waals surface area contributed by atoms with E-state index in [1.807, 2.05) is 11.3 Å². The lowest BCUT2D eigenvalue weighted by molar-refractivity contribution is 1.57. The molecule has 0 nitrogen and oxygen atoms in total. The van der Waals surface area contributed by atoms with E-state index < -0.39 is 0 Å². The third-order valence-corrected chi connectivity index (χ3v) is 4.64. The number of rotatable bonds is 0. The van der Waals surface area contributed by atoms with Gasteiger partial charge in [-0.2, -0.15) is 0 Å². The molecule has 0 unspecified atom stereocenters. The molecular weight excluding hydrogens is 212 g/mol. The van der Waals surface area contributed by atoms with Crippen LogP contribution in [-0.2, 0) is 0 Å². The highest BCUT2D eigenvalue weighted by Gasteiger charge is 2.11. The number of aryl methyl sites for hydroxylation is 1. The van der Waals surface area contributed by atoms with Gasteiger partial charge in [-0.1, -0.05) is 36.4 Å². The predicted molar refractivity (Wildman–Crippen MR) is 72.8 cm³/mol. The molecule has 16 heavy (non-hydrogen) atoms. The minimum absolute atomic E-state index is 1.36. The Morgan fingerprint density at radius 3 is 2.44 bits per heavy atom. The molecule has 4 aromatic rings. The Morgan fingerprint density at radius 2 is 1.56 bits per heavy atom. The summed E-state index contributed by atoms with van der Waals surface area (Å²) in [4.78, 5) is 0. The van der Waals surface area contributed by atoms with Gasteiger partial charge in [-0.25, -0.2) is 0 Å². The van der Waals surface area contributed by atoms with Gasteiger partial charge in [0, 0.05) is 20.2 Å². The Balaban J connectivity index is 2.51. The lowest BCUT2D eigenvalue weighted by Crippen LogP contribution is -1.77. The van der Waals surface area contributed by atoms with E-state index in [-0.39, 0.29) is 0 Å². The lowest BCUT2D eigenvalue weighted by atomic mass is 10.0. The van der Waals surface area contributed by atoms with Crippen molar-refractivity contribution in [3.05, 3.63) is 48.0 Å². The van der Waals surface area contributed by atoms with Crippen LogP contribution in [-0.4, -0.2) is 0 Å². The molecule has 1 heteroatoms. The molecule has 1 heterocycles. The maximum Gasteiger partial charge on any atom is 0.0390 e. The van der Waals surface area contributed by atoms with E-state index in [2.05, 4.69) is 49.4 Å². The molecule has 0 saturated heterocycles. The van der Waals surface area contributed by atoms with Crippen LogP contribution in [0.15, 0.2) is 42.5 Å². The molecule has 0 amide bonds. The van der Waals surface area contributed by atoms with E-state index in [0.29, 0.717) is 0 Å². The Kier molecular flexibility index (Phi) is 1.46. The molecule has 0 aliphatic carbocycles. The summed E-state index contributed by atoms with van der Waals surface area (Å²) in [5.74, 6) is 0. The summed E-state index contributed by atoms with van der Waals surface area (Å²) in [5, 5.41) is 5.63. The zero-order valence-electron chi connectivity index (χ0n) is 8.95. The van der Waals surface area contributed by atoms with Crippen molar-refractivity contribution in [2.24, 2.45) is 0 Å². The van der Waals surface area contributed by atoms with Crippen molar-refractivity contribution in [1.29, 1.82) is 0 Å². The Morgan fingerprint density at radius 1 is 0.812 bits per heavy atom. The molecular formula is C15H10S. The fourth-order valence-electron chi connectivity index (χ4n) is 2.56. The van der Waals surface area contributed by atoms with E-state index in [4.69, 9.17) is 0 Å². The van der Waals surface area contributed by atoms with Crippen LogP contribution in [0, 0.1) is 6.92 Å². The van der Waals surface area contributed by atoms with Crippen LogP contribution >= 0.6 is 11.3 Å². The molecule has 0 bridgehead atoms. The van der Waals surface area contributed by atoms with Crippen molar-refractivity contribution < 1.29 is 0 Å². The minimum atomic E-state index is 1.36. The van der Waals surface area contributed by atoms with Crippen LogP contribution in [0.25, 0.3) is 30.9 Å². The van der Waals surface area contributed by atoms with Crippen LogP contribution in [0.5, 0.6) is 0 Å². The number of thiophene rings is 1. The topological polar surface area (TPSA) is 0 Å². The molecule has 0 aliphatic rings. The van der Waals surface area contributed by atoms with Crippen LogP contribution < -0.4 is 0 Å². The summed E-state index contributed by atoms with van der Waals surface area (Å²) in [5.41, 5.74) is 1.39. The van der Waals surface area contributed by atoms with Crippen LogP contribution in [0.4, 0.5) is 0 Å². The van der Waals surface area contributed by atoms with Gasteiger partial charge in [0.05, 0.1) is 0 Å². The van der Waals surface area contributed by atoms with E-state index in [1.165, 1.54) is 36.5 Å². The van der Waals surface area contributed by atoms with E-state index >= 15 is 0 Å². The number of benzene rings is 3. The maximum atomic E-state index is 2.23.